The molecule has 2 saturated heterocycles. The van der Waals surface area contributed by atoms with Gasteiger partial charge >= 0.3 is 0 Å². The Bertz CT molecular complexity index is 1360. The molecule has 1 aromatic heterocycles. The SMILES string of the molecule is C=CC(=O)Nc1ccc(C)c(Oc2nc(Nc3ccc(N4CCN(C)CC4)cc3OC)ccc2N2CCCC2)c1. The van der Waals surface area contributed by atoms with Gasteiger partial charge in [-0.2, -0.15) is 4.98 Å². The van der Waals surface area contributed by atoms with Crippen molar-refractivity contribution in [3.8, 4) is 17.4 Å². The van der Waals surface area contributed by atoms with E-state index in [2.05, 4.69) is 57.2 Å². The summed E-state index contributed by atoms with van der Waals surface area (Å²) >= 11 is 0. The summed E-state index contributed by atoms with van der Waals surface area (Å²) in [6, 6.07) is 15.8. The second kappa shape index (κ2) is 12.3. The Morgan fingerprint density at radius 2 is 1.73 bits per heavy atom. The zero-order chi connectivity index (χ0) is 28.1. The van der Waals surface area contributed by atoms with Crippen LogP contribution < -0.4 is 29.9 Å². The number of aromatic nitrogens is 1. The summed E-state index contributed by atoms with van der Waals surface area (Å²) in [5.74, 6) is 2.27. The van der Waals surface area contributed by atoms with E-state index in [1.54, 1.807) is 7.11 Å². The third-order valence-electron chi connectivity index (χ3n) is 7.45. The predicted octanol–water partition coefficient (Wildman–Crippen LogP) is 5.41. The fraction of sp³-hybridized carbons (Fsp3) is 0.355. The number of carbonyl (C=O) groups excluding carboxylic acids is 1. The van der Waals surface area contributed by atoms with E-state index < -0.39 is 0 Å². The van der Waals surface area contributed by atoms with Crippen LogP contribution in [0.5, 0.6) is 17.4 Å². The van der Waals surface area contributed by atoms with Crippen LogP contribution in [-0.2, 0) is 4.79 Å². The zero-order valence-corrected chi connectivity index (χ0v) is 23.6. The summed E-state index contributed by atoms with van der Waals surface area (Å²) in [4.78, 5) is 23.8. The average molecular weight is 543 g/mol. The largest absolute Gasteiger partial charge is 0.494 e. The molecule has 9 heteroatoms. The van der Waals surface area contributed by atoms with Crippen LogP contribution >= 0.6 is 0 Å². The van der Waals surface area contributed by atoms with Crippen molar-refractivity contribution in [1.29, 1.82) is 0 Å². The normalized spacial score (nSPS) is 15.6. The Labute approximate surface area is 236 Å². The molecule has 0 saturated carbocycles. The second-order valence-electron chi connectivity index (χ2n) is 10.3. The summed E-state index contributed by atoms with van der Waals surface area (Å²) in [5, 5.41) is 6.24. The molecule has 2 N–H and O–H groups in total. The van der Waals surface area contributed by atoms with Crippen LogP contribution in [0.15, 0.2) is 61.2 Å². The fourth-order valence-electron chi connectivity index (χ4n) is 5.04. The number of hydrogen-bond acceptors (Lipinski definition) is 8. The van der Waals surface area contributed by atoms with Gasteiger partial charge in [-0.1, -0.05) is 12.6 Å². The van der Waals surface area contributed by atoms with Crippen molar-refractivity contribution in [2.75, 3.05) is 73.9 Å². The number of carbonyl (C=O) groups is 1. The number of piperazine rings is 1. The number of nitrogens with one attached hydrogen (secondary N) is 2. The van der Waals surface area contributed by atoms with Crippen molar-refractivity contribution in [3.63, 3.8) is 0 Å². The molecule has 0 unspecified atom stereocenters. The van der Waals surface area contributed by atoms with Crippen molar-refractivity contribution in [2.24, 2.45) is 0 Å². The Kier molecular flexibility index (Phi) is 8.40. The van der Waals surface area contributed by atoms with Gasteiger partial charge in [0.15, 0.2) is 0 Å². The molecule has 9 nitrogen and oxygen atoms in total. The third-order valence-corrected chi connectivity index (χ3v) is 7.45. The quantitative estimate of drug-likeness (QED) is 0.348. The lowest BCUT2D eigenvalue weighted by Gasteiger charge is -2.34. The first-order valence-electron chi connectivity index (χ1n) is 13.8. The molecule has 1 amide bonds. The molecule has 40 heavy (non-hydrogen) atoms. The molecule has 3 heterocycles. The number of nitrogens with zero attached hydrogens (tertiary/aromatic N) is 4. The number of benzene rings is 2. The Hall–Kier alpha value is -4.24. The molecule has 2 aliphatic heterocycles. The number of amides is 1. The molecule has 2 aliphatic rings. The summed E-state index contributed by atoms with van der Waals surface area (Å²) in [6.45, 7) is 11.5. The molecular formula is C31H38N6O3. The first-order chi connectivity index (χ1) is 19.4. The minimum Gasteiger partial charge on any atom is -0.494 e. The molecular weight excluding hydrogens is 504 g/mol. The first kappa shape index (κ1) is 27.3. The van der Waals surface area contributed by atoms with Gasteiger partial charge in [-0.3, -0.25) is 4.79 Å². The summed E-state index contributed by atoms with van der Waals surface area (Å²) < 4.78 is 12.2. The number of likely N-dealkylation sites (N-methyl/N-ethyl adjacent to an activating group) is 1. The van der Waals surface area contributed by atoms with Gasteiger partial charge < -0.3 is 34.8 Å². The van der Waals surface area contributed by atoms with Crippen LogP contribution in [0.4, 0.5) is 28.6 Å². The molecule has 2 fully saturated rings. The molecule has 2 aromatic carbocycles. The maximum atomic E-state index is 11.8. The maximum Gasteiger partial charge on any atom is 0.247 e. The fourth-order valence-corrected chi connectivity index (χ4v) is 5.04. The number of rotatable bonds is 9. The summed E-state index contributed by atoms with van der Waals surface area (Å²) in [6.07, 6.45) is 3.52. The van der Waals surface area contributed by atoms with Crippen molar-refractivity contribution >= 4 is 34.5 Å². The van der Waals surface area contributed by atoms with Gasteiger partial charge in [-0.25, -0.2) is 0 Å². The smallest absolute Gasteiger partial charge is 0.247 e. The van der Waals surface area contributed by atoms with Gasteiger partial charge in [0.1, 0.15) is 23.0 Å². The highest BCUT2D eigenvalue weighted by atomic mass is 16.5. The highest BCUT2D eigenvalue weighted by Crippen LogP contribution is 2.38. The van der Waals surface area contributed by atoms with Crippen LogP contribution in [-0.4, -0.2) is 69.2 Å². The number of aryl methyl sites for hydroxylation is 1. The van der Waals surface area contributed by atoms with Crippen LogP contribution in [0.2, 0.25) is 0 Å². The summed E-state index contributed by atoms with van der Waals surface area (Å²) in [5.41, 5.74) is 4.49. The van der Waals surface area contributed by atoms with E-state index in [4.69, 9.17) is 14.5 Å². The van der Waals surface area contributed by atoms with E-state index in [0.29, 0.717) is 23.1 Å². The van der Waals surface area contributed by atoms with Crippen molar-refractivity contribution in [1.82, 2.24) is 9.88 Å². The minimum absolute atomic E-state index is 0.274. The predicted molar refractivity (Wildman–Crippen MR) is 162 cm³/mol. The van der Waals surface area contributed by atoms with Crippen molar-refractivity contribution < 1.29 is 14.3 Å². The van der Waals surface area contributed by atoms with Crippen LogP contribution in [0.25, 0.3) is 0 Å². The minimum atomic E-state index is -0.274. The lowest BCUT2D eigenvalue weighted by Crippen LogP contribution is -2.44. The van der Waals surface area contributed by atoms with Gasteiger partial charge in [-0.05, 0) is 68.8 Å². The number of ether oxygens (including phenoxy) is 2. The van der Waals surface area contributed by atoms with Crippen LogP contribution in [0, 0.1) is 6.92 Å². The van der Waals surface area contributed by atoms with Crippen molar-refractivity contribution in [2.45, 2.75) is 19.8 Å². The van der Waals surface area contributed by atoms with E-state index in [1.807, 2.05) is 37.3 Å². The standard InChI is InChI=1S/C31H38N6O3/c1-5-30(38)32-23-9-8-22(2)27(20-23)40-31-26(37-14-6-7-15-37)12-13-29(34-31)33-25-11-10-24(21-28(25)39-4)36-18-16-35(3)17-19-36/h5,8-13,20-21H,1,6-7,14-19H2,2-4H3,(H,32,38)(H,33,34). The molecule has 5 rings (SSSR count). The van der Waals surface area contributed by atoms with Crippen molar-refractivity contribution in [3.05, 3.63) is 66.7 Å². The van der Waals surface area contributed by atoms with E-state index in [1.165, 1.54) is 6.08 Å². The van der Waals surface area contributed by atoms with E-state index in [-0.39, 0.29) is 5.91 Å². The molecule has 0 bridgehead atoms. The molecule has 3 aromatic rings. The number of methoxy groups -OCH3 is 1. The van der Waals surface area contributed by atoms with Crippen LogP contribution in [0.3, 0.4) is 0 Å². The molecule has 0 aliphatic carbocycles. The lowest BCUT2D eigenvalue weighted by atomic mass is 10.2. The number of anilines is 5. The third kappa shape index (κ3) is 6.31. The van der Waals surface area contributed by atoms with Gasteiger partial charge in [0.25, 0.3) is 0 Å². The Morgan fingerprint density at radius 3 is 2.45 bits per heavy atom. The van der Waals surface area contributed by atoms with Gasteiger partial charge in [0.2, 0.25) is 11.8 Å². The van der Waals surface area contributed by atoms with Gasteiger partial charge in [0, 0.05) is 62.8 Å². The average Bonchev–Trinajstić information content (AvgIpc) is 3.50. The first-order valence-corrected chi connectivity index (χ1v) is 13.8. The number of hydrogen-bond donors (Lipinski definition) is 2. The molecule has 0 radical (unpaired) electrons. The molecule has 0 spiro atoms. The molecule has 0 atom stereocenters. The maximum absolute atomic E-state index is 11.8. The summed E-state index contributed by atoms with van der Waals surface area (Å²) in [7, 11) is 3.84. The van der Waals surface area contributed by atoms with E-state index in [9.17, 15) is 4.79 Å². The van der Waals surface area contributed by atoms with Crippen LogP contribution in [0.1, 0.15) is 18.4 Å². The highest BCUT2D eigenvalue weighted by Gasteiger charge is 2.21. The van der Waals surface area contributed by atoms with Gasteiger partial charge in [-0.15, -0.1) is 0 Å². The highest BCUT2D eigenvalue weighted by molar-refractivity contribution is 5.99. The van der Waals surface area contributed by atoms with E-state index in [0.717, 1.165) is 80.5 Å². The Balaban J connectivity index is 1.42. The van der Waals surface area contributed by atoms with E-state index >= 15 is 0 Å². The number of pyridine rings is 1. The topological polar surface area (TPSA) is 82.2 Å². The van der Waals surface area contributed by atoms with Gasteiger partial charge in [0.05, 0.1) is 12.8 Å². The second-order valence-corrected chi connectivity index (χ2v) is 10.3. The monoisotopic (exact) mass is 542 g/mol. The lowest BCUT2D eigenvalue weighted by molar-refractivity contribution is -0.111. The Morgan fingerprint density at radius 1 is 0.950 bits per heavy atom. The molecule has 210 valence electrons. The zero-order valence-electron chi connectivity index (χ0n) is 23.6.